The number of ether oxygens (including phenoxy) is 1. The number of anilines is 1. The van der Waals surface area contributed by atoms with E-state index in [0.717, 1.165) is 37.8 Å². The normalized spacial score (nSPS) is 16.0. The van der Waals surface area contributed by atoms with Crippen molar-refractivity contribution in [1.29, 1.82) is 0 Å². The number of hydrogen-bond acceptors (Lipinski definition) is 6. The van der Waals surface area contributed by atoms with Crippen LogP contribution in [0.1, 0.15) is 32.4 Å². The lowest BCUT2D eigenvalue weighted by Crippen LogP contribution is -2.63. The third-order valence-corrected chi connectivity index (χ3v) is 7.99. The summed E-state index contributed by atoms with van der Waals surface area (Å²) >= 11 is 1.60. The van der Waals surface area contributed by atoms with E-state index >= 15 is 0 Å². The zero-order chi connectivity index (χ0) is 26.2. The second kappa shape index (κ2) is 9.97. The van der Waals surface area contributed by atoms with Gasteiger partial charge in [0.1, 0.15) is 23.7 Å². The quantitative estimate of drug-likeness (QED) is 0.357. The van der Waals surface area contributed by atoms with Gasteiger partial charge in [-0.05, 0) is 62.2 Å². The average molecular weight is 520 g/mol. The largest absolute Gasteiger partial charge is 0.497 e. The summed E-state index contributed by atoms with van der Waals surface area (Å²) in [5, 5.41) is 3.15. The monoisotopic (exact) mass is 519 g/mol. The number of methoxy groups -OCH3 is 1. The molecule has 2 amide bonds. The molecule has 192 valence electrons. The summed E-state index contributed by atoms with van der Waals surface area (Å²) in [7, 11) is 1.64. The molecular formula is C28H30FN5O2S. The molecule has 1 aliphatic heterocycles. The molecule has 7 nitrogen and oxygen atoms in total. The van der Waals surface area contributed by atoms with Crippen molar-refractivity contribution in [2.24, 2.45) is 0 Å². The van der Waals surface area contributed by atoms with Crippen molar-refractivity contribution < 1.29 is 13.9 Å². The highest BCUT2D eigenvalue weighted by molar-refractivity contribution is 7.22. The first-order valence-corrected chi connectivity index (χ1v) is 13.0. The number of hydrogen-bond donors (Lipinski definition) is 1. The Balaban J connectivity index is 1.32. The molecule has 9 heteroatoms. The molecule has 1 atom stereocenters. The van der Waals surface area contributed by atoms with Crippen molar-refractivity contribution in [2.45, 2.75) is 32.4 Å². The van der Waals surface area contributed by atoms with Gasteiger partial charge in [-0.25, -0.2) is 19.2 Å². The van der Waals surface area contributed by atoms with Gasteiger partial charge in [0, 0.05) is 24.5 Å². The second-order valence-electron chi connectivity index (χ2n) is 9.86. The SMILES string of the molecule is COc1ccc([C@H](C)NC(=O)N2CCN(c3ncnc4cc(-c5ccc(F)cc5)sc34)CC2(C)C)cc1. The van der Waals surface area contributed by atoms with E-state index in [9.17, 15) is 9.18 Å². The Morgan fingerprint density at radius 1 is 1.11 bits per heavy atom. The Hall–Kier alpha value is -3.72. The van der Waals surface area contributed by atoms with Crippen molar-refractivity contribution >= 4 is 33.4 Å². The van der Waals surface area contributed by atoms with E-state index in [1.807, 2.05) is 42.2 Å². The van der Waals surface area contributed by atoms with Crippen LogP contribution in [0.5, 0.6) is 5.75 Å². The number of halogens is 1. The molecule has 0 saturated carbocycles. The van der Waals surface area contributed by atoms with Crippen LogP contribution in [0.25, 0.3) is 20.7 Å². The summed E-state index contributed by atoms with van der Waals surface area (Å²) in [5.74, 6) is 1.39. The van der Waals surface area contributed by atoms with Gasteiger partial charge in [0.25, 0.3) is 0 Å². The molecular weight excluding hydrogens is 489 g/mol. The van der Waals surface area contributed by atoms with Gasteiger partial charge in [-0.1, -0.05) is 24.3 Å². The summed E-state index contributed by atoms with van der Waals surface area (Å²) in [6.07, 6.45) is 1.58. The molecule has 0 aliphatic carbocycles. The van der Waals surface area contributed by atoms with Crippen molar-refractivity contribution in [1.82, 2.24) is 20.2 Å². The number of carbonyl (C=O) groups excluding carboxylic acids is 1. The summed E-state index contributed by atoms with van der Waals surface area (Å²) in [6.45, 7) is 7.99. The Morgan fingerprint density at radius 2 is 1.84 bits per heavy atom. The van der Waals surface area contributed by atoms with Crippen LogP contribution in [0.15, 0.2) is 60.9 Å². The lowest BCUT2D eigenvalue weighted by atomic mass is 9.99. The minimum atomic E-state index is -0.420. The fourth-order valence-corrected chi connectivity index (χ4v) is 5.91. The van der Waals surface area contributed by atoms with Crippen molar-refractivity contribution in [2.75, 3.05) is 31.6 Å². The van der Waals surface area contributed by atoms with Crippen molar-refractivity contribution in [3.8, 4) is 16.2 Å². The second-order valence-corrected chi connectivity index (χ2v) is 10.9. The van der Waals surface area contributed by atoms with E-state index in [1.54, 1.807) is 36.9 Å². The minimum Gasteiger partial charge on any atom is -0.497 e. The molecule has 1 saturated heterocycles. The Bertz CT molecular complexity index is 1400. The molecule has 0 unspecified atom stereocenters. The Kier molecular flexibility index (Phi) is 6.72. The molecule has 2 aromatic heterocycles. The van der Waals surface area contributed by atoms with Crippen LogP contribution >= 0.6 is 11.3 Å². The molecule has 2 aromatic carbocycles. The molecule has 37 heavy (non-hydrogen) atoms. The molecule has 4 aromatic rings. The molecule has 1 N–H and O–H groups in total. The van der Waals surface area contributed by atoms with Crippen molar-refractivity contribution in [3.05, 3.63) is 72.3 Å². The van der Waals surface area contributed by atoms with Gasteiger partial charge >= 0.3 is 6.03 Å². The maximum absolute atomic E-state index is 13.4. The lowest BCUT2D eigenvalue weighted by molar-refractivity contribution is 0.121. The maximum atomic E-state index is 13.4. The third kappa shape index (κ3) is 5.09. The van der Waals surface area contributed by atoms with E-state index in [4.69, 9.17) is 4.74 Å². The predicted molar refractivity (Wildman–Crippen MR) is 146 cm³/mol. The number of piperazine rings is 1. The Morgan fingerprint density at radius 3 is 2.51 bits per heavy atom. The number of carbonyl (C=O) groups is 1. The number of fused-ring (bicyclic) bond motifs is 1. The average Bonchev–Trinajstić information content (AvgIpc) is 3.33. The molecule has 0 bridgehead atoms. The van der Waals surface area contributed by atoms with Crippen LogP contribution < -0.4 is 15.0 Å². The molecule has 1 aliphatic rings. The first-order valence-electron chi connectivity index (χ1n) is 12.2. The van der Waals surface area contributed by atoms with E-state index in [2.05, 4.69) is 34.0 Å². The molecule has 0 spiro atoms. The van der Waals surface area contributed by atoms with E-state index in [1.165, 1.54) is 12.1 Å². The van der Waals surface area contributed by atoms with Crippen LogP contribution in [0.3, 0.4) is 0 Å². The van der Waals surface area contributed by atoms with Gasteiger partial charge in [-0.15, -0.1) is 11.3 Å². The summed E-state index contributed by atoms with van der Waals surface area (Å²) in [6, 6.07) is 16.0. The number of nitrogens with zero attached hydrogens (tertiary/aromatic N) is 4. The highest BCUT2D eigenvalue weighted by Gasteiger charge is 2.38. The van der Waals surface area contributed by atoms with Gasteiger partial charge in [-0.2, -0.15) is 0 Å². The number of benzene rings is 2. The summed E-state index contributed by atoms with van der Waals surface area (Å²) in [4.78, 5) is 27.5. The Labute approximate surface area is 219 Å². The van der Waals surface area contributed by atoms with E-state index < -0.39 is 5.54 Å². The van der Waals surface area contributed by atoms with Gasteiger partial charge in [0.15, 0.2) is 0 Å². The summed E-state index contributed by atoms with van der Waals surface area (Å²) in [5.41, 5.74) is 2.41. The zero-order valence-electron chi connectivity index (χ0n) is 21.4. The minimum absolute atomic E-state index is 0.0875. The molecule has 1 fully saturated rings. The first-order chi connectivity index (χ1) is 17.7. The number of rotatable bonds is 5. The van der Waals surface area contributed by atoms with Gasteiger partial charge in [0.2, 0.25) is 0 Å². The van der Waals surface area contributed by atoms with Crippen LogP contribution in [0.2, 0.25) is 0 Å². The van der Waals surface area contributed by atoms with Crippen LogP contribution in [0.4, 0.5) is 15.0 Å². The number of urea groups is 1. The van der Waals surface area contributed by atoms with Crippen LogP contribution in [-0.4, -0.2) is 53.2 Å². The smallest absolute Gasteiger partial charge is 0.318 e. The van der Waals surface area contributed by atoms with Gasteiger partial charge < -0.3 is 19.9 Å². The van der Waals surface area contributed by atoms with Gasteiger partial charge in [-0.3, -0.25) is 0 Å². The maximum Gasteiger partial charge on any atom is 0.318 e. The fourth-order valence-electron chi connectivity index (χ4n) is 4.77. The standard InChI is InChI=1S/C28H30FN5O2S/c1-18(19-7-11-22(36-4)12-8-19)32-27(35)34-14-13-33(16-28(34,2)3)26-25-23(30-17-31-26)15-24(37-25)20-5-9-21(29)10-6-20/h5-12,15,17-18H,13-14,16H2,1-4H3,(H,32,35)/t18-/m0/s1. The summed E-state index contributed by atoms with van der Waals surface area (Å²) < 4.78 is 19.6. The van der Waals surface area contributed by atoms with Crippen molar-refractivity contribution in [3.63, 3.8) is 0 Å². The topological polar surface area (TPSA) is 70.6 Å². The number of thiophene rings is 1. The lowest BCUT2D eigenvalue weighted by Gasteiger charge is -2.47. The van der Waals surface area contributed by atoms with E-state index in [-0.39, 0.29) is 17.9 Å². The number of nitrogens with one attached hydrogen (secondary N) is 1. The van der Waals surface area contributed by atoms with E-state index in [0.29, 0.717) is 19.6 Å². The highest BCUT2D eigenvalue weighted by Crippen LogP contribution is 2.38. The van der Waals surface area contributed by atoms with Crippen LogP contribution in [0, 0.1) is 5.82 Å². The zero-order valence-corrected chi connectivity index (χ0v) is 22.2. The third-order valence-electron chi connectivity index (χ3n) is 6.82. The first kappa shape index (κ1) is 25.0. The number of aromatic nitrogens is 2. The van der Waals surface area contributed by atoms with Gasteiger partial charge in [0.05, 0.1) is 28.9 Å². The van der Waals surface area contributed by atoms with Crippen LogP contribution in [-0.2, 0) is 0 Å². The molecule has 3 heterocycles. The number of amides is 2. The predicted octanol–water partition coefficient (Wildman–Crippen LogP) is 5.88. The fraction of sp³-hybridized carbons (Fsp3) is 0.321. The highest BCUT2D eigenvalue weighted by atomic mass is 32.1. The molecule has 5 rings (SSSR count). The molecule has 0 radical (unpaired) electrons.